The molecule has 100 valence electrons. The summed E-state index contributed by atoms with van der Waals surface area (Å²) in [5.41, 5.74) is 0. The van der Waals surface area contributed by atoms with Crippen LogP contribution >= 0.6 is 0 Å². The summed E-state index contributed by atoms with van der Waals surface area (Å²) in [7, 11) is 2.17. The quantitative estimate of drug-likeness (QED) is 0.744. The fourth-order valence-corrected chi connectivity index (χ4v) is 3.80. The minimum absolute atomic E-state index is 0.311. The number of piperazine rings is 1. The van der Waals surface area contributed by atoms with Crippen molar-refractivity contribution in [2.45, 2.75) is 63.6 Å². The summed E-state index contributed by atoms with van der Waals surface area (Å²) in [5, 5.41) is 9.63. The van der Waals surface area contributed by atoms with E-state index in [0.29, 0.717) is 18.7 Å². The van der Waals surface area contributed by atoms with Gasteiger partial charge in [0.1, 0.15) is 0 Å². The second kappa shape index (κ2) is 6.17. The number of nitrogens with zero attached hydrogens (tertiary/aromatic N) is 2. The fourth-order valence-electron chi connectivity index (χ4n) is 3.80. The summed E-state index contributed by atoms with van der Waals surface area (Å²) in [4.78, 5) is 4.99. The van der Waals surface area contributed by atoms with E-state index >= 15 is 0 Å². The second-order valence-electron chi connectivity index (χ2n) is 6.00. The number of rotatable bonds is 2. The van der Waals surface area contributed by atoms with Crippen LogP contribution in [0, 0.1) is 0 Å². The highest BCUT2D eigenvalue weighted by atomic mass is 16.3. The van der Waals surface area contributed by atoms with Gasteiger partial charge in [0.05, 0.1) is 6.61 Å². The van der Waals surface area contributed by atoms with Crippen LogP contribution in [0.3, 0.4) is 0 Å². The standard InChI is InChI=1S/C14H28N2O/c1-12-9-15(2)10-14(11-17)16(12)13-7-5-3-4-6-8-13/h12-14,17H,3-11H2,1-2H3. The Balaban J connectivity index is 2.04. The molecule has 1 aliphatic heterocycles. The molecule has 3 nitrogen and oxygen atoms in total. The third-order valence-electron chi connectivity index (χ3n) is 4.49. The largest absolute Gasteiger partial charge is 0.395 e. The molecule has 2 aliphatic rings. The third kappa shape index (κ3) is 3.21. The number of likely N-dealkylation sites (N-methyl/N-ethyl adjacent to an activating group) is 1. The van der Waals surface area contributed by atoms with Gasteiger partial charge < -0.3 is 10.0 Å². The van der Waals surface area contributed by atoms with Crippen molar-refractivity contribution in [2.75, 3.05) is 26.7 Å². The van der Waals surface area contributed by atoms with E-state index < -0.39 is 0 Å². The molecular weight excluding hydrogens is 212 g/mol. The predicted octanol–water partition coefficient (Wildman–Crippen LogP) is 1.71. The lowest BCUT2D eigenvalue weighted by molar-refractivity contribution is -0.0195. The van der Waals surface area contributed by atoms with Crippen molar-refractivity contribution >= 4 is 0 Å². The lowest BCUT2D eigenvalue weighted by Gasteiger charge is -2.48. The van der Waals surface area contributed by atoms with Gasteiger partial charge >= 0.3 is 0 Å². The van der Waals surface area contributed by atoms with Gasteiger partial charge in [-0.1, -0.05) is 25.7 Å². The zero-order valence-electron chi connectivity index (χ0n) is 11.4. The maximum absolute atomic E-state index is 9.63. The van der Waals surface area contributed by atoms with Gasteiger partial charge in [-0.3, -0.25) is 4.90 Å². The Morgan fingerprint density at radius 1 is 1.06 bits per heavy atom. The molecule has 1 aliphatic carbocycles. The van der Waals surface area contributed by atoms with Crippen molar-refractivity contribution < 1.29 is 5.11 Å². The number of aliphatic hydroxyl groups excluding tert-OH is 1. The van der Waals surface area contributed by atoms with E-state index in [9.17, 15) is 5.11 Å². The zero-order chi connectivity index (χ0) is 12.3. The van der Waals surface area contributed by atoms with Crippen molar-refractivity contribution in [2.24, 2.45) is 0 Å². The van der Waals surface area contributed by atoms with Crippen LogP contribution in [0.25, 0.3) is 0 Å². The van der Waals surface area contributed by atoms with Gasteiger partial charge in [-0.15, -0.1) is 0 Å². The lowest BCUT2D eigenvalue weighted by atomic mass is 9.99. The first kappa shape index (κ1) is 13.3. The summed E-state index contributed by atoms with van der Waals surface area (Å²) in [6, 6.07) is 1.67. The summed E-state index contributed by atoms with van der Waals surface area (Å²) in [6.07, 6.45) is 8.24. The monoisotopic (exact) mass is 240 g/mol. The minimum atomic E-state index is 0.311. The van der Waals surface area contributed by atoms with E-state index in [0.717, 1.165) is 19.1 Å². The third-order valence-corrected chi connectivity index (χ3v) is 4.49. The van der Waals surface area contributed by atoms with Crippen LogP contribution in [0.4, 0.5) is 0 Å². The molecule has 1 N–H and O–H groups in total. The van der Waals surface area contributed by atoms with Crippen molar-refractivity contribution in [1.82, 2.24) is 9.80 Å². The molecule has 0 bridgehead atoms. The van der Waals surface area contributed by atoms with Crippen LogP contribution in [-0.4, -0.2) is 59.8 Å². The van der Waals surface area contributed by atoms with E-state index in [-0.39, 0.29) is 0 Å². The summed E-state index contributed by atoms with van der Waals surface area (Å²) >= 11 is 0. The molecule has 0 spiro atoms. The van der Waals surface area contributed by atoms with E-state index in [2.05, 4.69) is 23.8 Å². The Bertz CT molecular complexity index is 226. The van der Waals surface area contributed by atoms with E-state index in [4.69, 9.17) is 0 Å². The Morgan fingerprint density at radius 2 is 1.71 bits per heavy atom. The Labute approximate surface area is 106 Å². The first-order valence-electron chi connectivity index (χ1n) is 7.29. The number of hydrogen-bond donors (Lipinski definition) is 1. The van der Waals surface area contributed by atoms with Crippen LogP contribution in [-0.2, 0) is 0 Å². The highest BCUT2D eigenvalue weighted by Crippen LogP contribution is 2.27. The molecule has 2 unspecified atom stereocenters. The molecule has 1 saturated heterocycles. The number of aliphatic hydroxyl groups is 1. The fraction of sp³-hybridized carbons (Fsp3) is 1.00. The van der Waals surface area contributed by atoms with Gasteiger partial charge in [0, 0.05) is 31.2 Å². The van der Waals surface area contributed by atoms with Gasteiger partial charge in [-0.25, -0.2) is 0 Å². The average Bonchev–Trinajstić information content (AvgIpc) is 2.56. The molecule has 2 rings (SSSR count). The molecule has 0 aromatic rings. The Kier molecular flexibility index (Phi) is 4.83. The van der Waals surface area contributed by atoms with Crippen molar-refractivity contribution in [1.29, 1.82) is 0 Å². The highest BCUT2D eigenvalue weighted by molar-refractivity contribution is 4.90. The maximum Gasteiger partial charge on any atom is 0.0599 e. The van der Waals surface area contributed by atoms with Crippen molar-refractivity contribution in [3.63, 3.8) is 0 Å². The normalized spacial score (nSPS) is 34.8. The SMILES string of the molecule is CC1CN(C)CC(CO)N1C1CCCCCC1. The van der Waals surface area contributed by atoms with E-state index in [1.54, 1.807) is 0 Å². The highest BCUT2D eigenvalue weighted by Gasteiger charge is 2.34. The van der Waals surface area contributed by atoms with Crippen LogP contribution < -0.4 is 0 Å². The molecular formula is C14H28N2O. The van der Waals surface area contributed by atoms with Gasteiger partial charge in [0.25, 0.3) is 0 Å². The molecule has 17 heavy (non-hydrogen) atoms. The molecule has 3 heteroatoms. The van der Waals surface area contributed by atoms with Crippen molar-refractivity contribution in [3.8, 4) is 0 Å². The van der Waals surface area contributed by atoms with Crippen LogP contribution in [0.15, 0.2) is 0 Å². The lowest BCUT2D eigenvalue weighted by Crippen LogP contribution is -2.61. The molecule has 1 heterocycles. The van der Waals surface area contributed by atoms with Crippen molar-refractivity contribution in [3.05, 3.63) is 0 Å². The van der Waals surface area contributed by atoms with Gasteiger partial charge in [0.2, 0.25) is 0 Å². The summed E-state index contributed by atoms with van der Waals surface area (Å²) in [5.74, 6) is 0. The van der Waals surface area contributed by atoms with E-state index in [1.165, 1.54) is 38.5 Å². The molecule has 0 aromatic heterocycles. The van der Waals surface area contributed by atoms with Crippen LogP contribution in [0.2, 0.25) is 0 Å². The zero-order valence-corrected chi connectivity index (χ0v) is 11.4. The summed E-state index contributed by atoms with van der Waals surface area (Å²) in [6.45, 7) is 4.80. The molecule has 0 aromatic carbocycles. The molecule has 0 radical (unpaired) electrons. The molecule has 2 atom stereocenters. The Morgan fingerprint density at radius 3 is 2.29 bits per heavy atom. The molecule has 2 fully saturated rings. The molecule has 1 saturated carbocycles. The first-order chi connectivity index (χ1) is 8.22. The maximum atomic E-state index is 9.63. The topological polar surface area (TPSA) is 26.7 Å². The summed E-state index contributed by atoms with van der Waals surface area (Å²) < 4.78 is 0. The predicted molar refractivity (Wildman–Crippen MR) is 71.2 cm³/mol. The van der Waals surface area contributed by atoms with Gasteiger partial charge in [-0.2, -0.15) is 0 Å². The molecule has 0 amide bonds. The minimum Gasteiger partial charge on any atom is -0.395 e. The first-order valence-corrected chi connectivity index (χ1v) is 7.29. The second-order valence-corrected chi connectivity index (χ2v) is 6.00. The number of hydrogen-bond acceptors (Lipinski definition) is 3. The average molecular weight is 240 g/mol. The Hall–Kier alpha value is -0.120. The van der Waals surface area contributed by atoms with Crippen LogP contribution in [0.1, 0.15) is 45.4 Å². The van der Waals surface area contributed by atoms with E-state index in [1.807, 2.05) is 0 Å². The smallest absolute Gasteiger partial charge is 0.0599 e. The van der Waals surface area contributed by atoms with Crippen LogP contribution in [0.5, 0.6) is 0 Å². The van der Waals surface area contributed by atoms with Gasteiger partial charge in [0.15, 0.2) is 0 Å². The van der Waals surface area contributed by atoms with Gasteiger partial charge in [-0.05, 0) is 26.8 Å².